The predicted octanol–water partition coefficient (Wildman–Crippen LogP) is 3.54. The zero-order valence-corrected chi connectivity index (χ0v) is 16.5. The van der Waals surface area contributed by atoms with Gasteiger partial charge in [-0.1, -0.05) is 0 Å². The van der Waals surface area contributed by atoms with Gasteiger partial charge in [-0.25, -0.2) is 4.98 Å². The van der Waals surface area contributed by atoms with Crippen molar-refractivity contribution in [2.24, 2.45) is 0 Å². The Morgan fingerprint density at radius 3 is 2.66 bits per heavy atom. The molecule has 4 aromatic heterocycles. The summed E-state index contributed by atoms with van der Waals surface area (Å²) < 4.78 is 5.53. The Balaban J connectivity index is 1.78. The van der Waals surface area contributed by atoms with Crippen LogP contribution in [0.2, 0.25) is 0 Å². The molecule has 7 heteroatoms. The highest BCUT2D eigenvalue weighted by atomic mass is 16.5. The molecule has 0 radical (unpaired) electrons. The van der Waals surface area contributed by atoms with Gasteiger partial charge in [-0.15, -0.1) is 0 Å². The van der Waals surface area contributed by atoms with Crippen LogP contribution >= 0.6 is 0 Å². The number of hydrogen-bond acceptors (Lipinski definition) is 6. The van der Waals surface area contributed by atoms with Crippen LogP contribution < -0.4 is 4.90 Å². The lowest BCUT2D eigenvalue weighted by molar-refractivity contribution is 0.122. The third kappa shape index (κ3) is 3.23. The molecule has 0 amide bonds. The number of anilines is 1. The summed E-state index contributed by atoms with van der Waals surface area (Å²) in [5.74, 6) is 0.933. The Morgan fingerprint density at radius 1 is 1.03 bits per heavy atom. The van der Waals surface area contributed by atoms with E-state index in [0.717, 1.165) is 58.0 Å². The number of morpholine rings is 1. The van der Waals surface area contributed by atoms with Crippen molar-refractivity contribution in [1.29, 1.82) is 0 Å². The Morgan fingerprint density at radius 2 is 1.90 bits per heavy atom. The van der Waals surface area contributed by atoms with Crippen LogP contribution in [0.5, 0.6) is 0 Å². The van der Waals surface area contributed by atoms with E-state index < -0.39 is 0 Å². The van der Waals surface area contributed by atoms with Crippen molar-refractivity contribution in [1.82, 2.24) is 25.1 Å². The highest BCUT2D eigenvalue weighted by molar-refractivity contribution is 6.01. The minimum atomic E-state index is 0.709. The Kier molecular flexibility index (Phi) is 4.44. The van der Waals surface area contributed by atoms with E-state index in [4.69, 9.17) is 9.72 Å². The SMILES string of the molecule is Cc1cc(-c2cc(N3CCOCC3)nc3c(-c4ccn[nH]4)nccc23)cnc1C. The molecule has 1 N–H and O–H groups in total. The van der Waals surface area contributed by atoms with Crippen LogP contribution in [0.15, 0.2) is 42.9 Å². The first-order valence-corrected chi connectivity index (χ1v) is 9.76. The van der Waals surface area contributed by atoms with Gasteiger partial charge in [-0.05, 0) is 49.2 Å². The lowest BCUT2D eigenvalue weighted by Crippen LogP contribution is -2.36. The largest absolute Gasteiger partial charge is 0.378 e. The molecule has 4 aromatic rings. The van der Waals surface area contributed by atoms with Gasteiger partial charge in [-0.2, -0.15) is 5.10 Å². The summed E-state index contributed by atoms with van der Waals surface area (Å²) >= 11 is 0. The second-order valence-corrected chi connectivity index (χ2v) is 7.28. The van der Waals surface area contributed by atoms with Crippen LogP contribution in [0.1, 0.15) is 11.3 Å². The lowest BCUT2D eigenvalue weighted by atomic mass is 10.00. The number of nitrogens with zero attached hydrogens (tertiary/aromatic N) is 5. The molecule has 0 aromatic carbocycles. The van der Waals surface area contributed by atoms with E-state index in [2.05, 4.69) is 44.1 Å². The first-order chi connectivity index (χ1) is 14.2. The van der Waals surface area contributed by atoms with Crippen LogP contribution in [0.4, 0.5) is 5.82 Å². The number of aromatic nitrogens is 5. The van der Waals surface area contributed by atoms with E-state index in [-0.39, 0.29) is 0 Å². The molecule has 5 heterocycles. The summed E-state index contributed by atoms with van der Waals surface area (Å²) in [6.45, 7) is 7.19. The highest BCUT2D eigenvalue weighted by Crippen LogP contribution is 2.35. The molecule has 0 atom stereocenters. The Labute approximate surface area is 168 Å². The van der Waals surface area contributed by atoms with Crippen LogP contribution in [0.25, 0.3) is 33.4 Å². The van der Waals surface area contributed by atoms with E-state index >= 15 is 0 Å². The second-order valence-electron chi connectivity index (χ2n) is 7.28. The number of aromatic amines is 1. The van der Waals surface area contributed by atoms with Gasteiger partial charge in [0.1, 0.15) is 17.0 Å². The number of nitrogens with one attached hydrogen (secondary N) is 1. The molecule has 1 saturated heterocycles. The maximum Gasteiger partial charge on any atom is 0.130 e. The van der Waals surface area contributed by atoms with Gasteiger partial charge in [0.15, 0.2) is 0 Å². The third-order valence-electron chi connectivity index (χ3n) is 5.46. The lowest BCUT2D eigenvalue weighted by Gasteiger charge is -2.28. The molecular weight excluding hydrogens is 364 g/mol. The molecular formula is C22H22N6O. The van der Waals surface area contributed by atoms with Crippen molar-refractivity contribution >= 4 is 16.7 Å². The van der Waals surface area contributed by atoms with Gasteiger partial charge in [0, 0.05) is 48.3 Å². The molecule has 5 rings (SSSR count). The molecule has 0 aliphatic carbocycles. The molecule has 0 bridgehead atoms. The quantitative estimate of drug-likeness (QED) is 0.580. The van der Waals surface area contributed by atoms with E-state index in [1.807, 2.05) is 31.5 Å². The molecule has 7 nitrogen and oxygen atoms in total. The summed E-state index contributed by atoms with van der Waals surface area (Å²) in [5.41, 5.74) is 6.91. The molecule has 29 heavy (non-hydrogen) atoms. The maximum absolute atomic E-state index is 5.53. The van der Waals surface area contributed by atoms with Gasteiger partial charge in [0.2, 0.25) is 0 Å². The number of hydrogen-bond donors (Lipinski definition) is 1. The predicted molar refractivity (Wildman–Crippen MR) is 113 cm³/mol. The first kappa shape index (κ1) is 17.8. The van der Waals surface area contributed by atoms with Crippen molar-refractivity contribution in [3.05, 3.63) is 54.1 Å². The topological polar surface area (TPSA) is 79.8 Å². The van der Waals surface area contributed by atoms with E-state index in [1.54, 1.807) is 6.20 Å². The van der Waals surface area contributed by atoms with Crippen molar-refractivity contribution in [2.45, 2.75) is 13.8 Å². The minimum Gasteiger partial charge on any atom is -0.378 e. The summed E-state index contributed by atoms with van der Waals surface area (Å²) in [6, 6.07) is 8.30. The maximum atomic E-state index is 5.53. The average molecular weight is 386 g/mol. The van der Waals surface area contributed by atoms with Gasteiger partial charge in [-0.3, -0.25) is 15.1 Å². The van der Waals surface area contributed by atoms with E-state index in [9.17, 15) is 0 Å². The molecule has 0 spiro atoms. The zero-order valence-electron chi connectivity index (χ0n) is 16.5. The second kappa shape index (κ2) is 7.25. The Bertz CT molecular complexity index is 1170. The van der Waals surface area contributed by atoms with E-state index in [0.29, 0.717) is 13.2 Å². The number of pyridine rings is 3. The molecule has 1 aliphatic heterocycles. The van der Waals surface area contributed by atoms with Gasteiger partial charge in [0.25, 0.3) is 0 Å². The van der Waals surface area contributed by atoms with Crippen molar-refractivity contribution in [3.63, 3.8) is 0 Å². The van der Waals surface area contributed by atoms with Crippen LogP contribution in [0, 0.1) is 13.8 Å². The fraction of sp³-hybridized carbons (Fsp3) is 0.273. The van der Waals surface area contributed by atoms with Crippen molar-refractivity contribution < 1.29 is 4.74 Å². The fourth-order valence-electron chi connectivity index (χ4n) is 3.71. The Hall–Kier alpha value is -3.32. The summed E-state index contributed by atoms with van der Waals surface area (Å²) in [5, 5.41) is 8.16. The van der Waals surface area contributed by atoms with Crippen LogP contribution in [-0.4, -0.2) is 51.5 Å². The first-order valence-electron chi connectivity index (χ1n) is 9.76. The van der Waals surface area contributed by atoms with Crippen molar-refractivity contribution in [2.75, 3.05) is 31.2 Å². The van der Waals surface area contributed by atoms with Crippen LogP contribution in [-0.2, 0) is 4.74 Å². The molecule has 0 saturated carbocycles. The summed E-state index contributed by atoms with van der Waals surface area (Å²) in [7, 11) is 0. The standard InChI is InChI=1S/C22H22N6O/c1-14-11-16(13-24-15(14)2)18-12-20(28-7-9-29-10-8-28)26-21-17(18)3-5-23-22(21)19-4-6-25-27-19/h3-6,11-13H,7-10H2,1-2H3,(H,25,27). The molecule has 146 valence electrons. The molecule has 0 unspecified atom stereocenters. The fourth-order valence-corrected chi connectivity index (χ4v) is 3.71. The summed E-state index contributed by atoms with van der Waals surface area (Å²) in [6.07, 6.45) is 5.50. The number of rotatable bonds is 3. The molecule has 1 fully saturated rings. The normalized spacial score (nSPS) is 14.5. The number of aryl methyl sites for hydroxylation is 2. The average Bonchev–Trinajstić information content (AvgIpc) is 3.30. The number of ether oxygens (including phenoxy) is 1. The summed E-state index contributed by atoms with van der Waals surface area (Å²) in [4.78, 5) is 16.5. The number of fused-ring (bicyclic) bond motifs is 1. The third-order valence-corrected chi connectivity index (χ3v) is 5.46. The highest BCUT2D eigenvalue weighted by Gasteiger charge is 2.19. The van der Waals surface area contributed by atoms with Gasteiger partial charge >= 0.3 is 0 Å². The smallest absolute Gasteiger partial charge is 0.130 e. The van der Waals surface area contributed by atoms with Crippen molar-refractivity contribution in [3.8, 4) is 22.5 Å². The zero-order chi connectivity index (χ0) is 19.8. The van der Waals surface area contributed by atoms with Crippen LogP contribution in [0.3, 0.4) is 0 Å². The van der Waals surface area contributed by atoms with E-state index in [1.165, 1.54) is 5.56 Å². The minimum absolute atomic E-state index is 0.709. The van der Waals surface area contributed by atoms with Gasteiger partial charge in [0.05, 0.1) is 18.9 Å². The monoisotopic (exact) mass is 386 g/mol. The number of H-pyrrole nitrogens is 1. The van der Waals surface area contributed by atoms with Gasteiger partial charge < -0.3 is 9.64 Å². The molecule has 1 aliphatic rings.